The molecule has 2 aromatic rings. The van der Waals surface area contributed by atoms with Gasteiger partial charge in [-0.15, -0.1) is 0 Å². The molecule has 4 rings (SSSR count). The van der Waals surface area contributed by atoms with Gasteiger partial charge in [0.15, 0.2) is 17.7 Å². The van der Waals surface area contributed by atoms with Crippen molar-refractivity contribution in [2.24, 2.45) is 5.92 Å². The third-order valence-corrected chi connectivity index (χ3v) is 9.52. The van der Waals surface area contributed by atoms with Crippen LogP contribution in [0.4, 0.5) is 5.82 Å². The predicted octanol–water partition coefficient (Wildman–Crippen LogP) is 0.624. The van der Waals surface area contributed by atoms with E-state index in [4.69, 9.17) is 19.7 Å². The topological polar surface area (TPSA) is 195 Å². The van der Waals surface area contributed by atoms with Crippen LogP contribution in [-0.4, -0.2) is 65.5 Å². The van der Waals surface area contributed by atoms with Gasteiger partial charge in [-0.05, 0) is 6.42 Å². The normalized spacial score (nSPS) is 32.8. The van der Waals surface area contributed by atoms with Crippen molar-refractivity contribution in [2.45, 2.75) is 62.5 Å². The average molecular weight is 490 g/mol. The number of fused-ring (bicyclic) bond motifs is 1. The number of anilines is 1. The van der Waals surface area contributed by atoms with Crippen LogP contribution in [0, 0.1) is 5.92 Å². The van der Waals surface area contributed by atoms with Crippen LogP contribution in [-0.2, 0) is 23.1 Å². The van der Waals surface area contributed by atoms with Gasteiger partial charge in [0, 0.05) is 18.2 Å². The van der Waals surface area contributed by atoms with Crippen LogP contribution in [0.15, 0.2) is 12.7 Å². The Hall–Kier alpha value is -1.43. The first kappa shape index (κ1) is 23.7. The predicted molar refractivity (Wildman–Crippen MR) is 111 cm³/mol. The second-order valence-electron chi connectivity index (χ2n) is 9.07. The third kappa shape index (κ3) is 4.01. The molecule has 0 amide bonds. The lowest BCUT2D eigenvalue weighted by atomic mass is 10.1. The van der Waals surface area contributed by atoms with Crippen molar-refractivity contribution in [1.29, 1.82) is 0 Å². The van der Waals surface area contributed by atoms with E-state index in [0.717, 1.165) is 0 Å². The van der Waals surface area contributed by atoms with Crippen molar-refractivity contribution in [3.05, 3.63) is 12.7 Å². The van der Waals surface area contributed by atoms with Crippen LogP contribution < -0.4 is 10.6 Å². The van der Waals surface area contributed by atoms with E-state index in [1.165, 1.54) is 45.1 Å². The molecule has 1 saturated carbocycles. The zero-order chi connectivity index (χ0) is 23.6. The van der Waals surface area contributed by atoms with E-state index in [0.29, 0.717) is 11.2 Å². The highest BCUT2D eigenvalue weighted by atomic mass is 31.2. The minimum atomic E-state index is -4.42. The van der Waals surface area contributed by atoms with Gasteiger partial charge in [-0.3, -0.25) is 9.13 Å². The number of nitrogens with two attached hydrogens (primary N) is 1. The minimum Gasteiger partial charge on any atom is -0.778 e. The number of rotatable bonds is 6. The molecular weight excluding hydrogens is 464 g/mol. The molecule has 13 nitrogen and oxygen atoms in total. The summed E-state index contributed by atoms with van der Waals surface area (Å²) in [5, 5.41) is -1.20. The molecule has 1 aliphatic carbocycles. The molecule has 0 bridgehead atoms. The van der Waals surface area contributed by atoms with Gasteiger partial charge in [0.25, 0.3) is 0 Å². The van der Waals surface area contributed by atoms with Crippen LogP contribution in [0.2, 0.25) is 0 Å². The van der Waals surface area contributed by atoms with Gasteiger partial charge in [0.1, 0.15) is 31.6 Å². The first-order chi connectivity index (χ1) is 14.8. The van der Waals surface area contributed by atoms with Crippen LogP contribution in [0.1, 0.15) is 33.4 Å². The van der Waals surface area contributed by atoms with Gasteiger partial charge in [0.05, 0.1) is 18.1 Å². The summed E-state index contributed by atoms with van der Waals surface area (Å²) in [6.07, 6.45) is -1.08. The van der Waals surface area contributed by atoms with Crippen molar-refractivity contribution in [3.8, 4) is 0 Å². The highest BCUT2D eigenvalue weighted by Crippen LogP contribution is 2.63. The summed E-state index contributed by atoms with van der Waals surface area (Å²) in [5.74, 6) is -0.441. The maximum absolute atomic E-state index is 12.9. The molecule has 2 aliphatic rings. The molecule has 3 heterocycles. The molecule has 4 N–H and O–H groups in total. The van der Waals surface area contributed by atoms with Crippen molar-refractivity contribution in [2.75, 3.05) is 12.8 Å². The Balaban J connectivity index is 1.74. The van der Waals surface area contributed by atoms with E-state index in [1.54, 1.807) is 0 Å². The molecule has 0 spiro atoms. The standard InChI is InChI=1S/C17H27N5O8P2/c1-17(2,3)32(26,27)30-12-11(8-5-9(8)31(23,24)25)29-16(13(12)28-4)22-7-21-10-14(18)19-6-20-15(10)22/h6-9,11-13,16H,5H2,1-4H3,(H,26,27)(H2,18,19,20)(H2,23,24,25)/p-1/t8?,9?,11-,12?,13+,16-/m1/s1. The lowest BCUT2D eigenvalue weighted by Gasteiger charge is -2.39. The zero-order valence-corrected chi connectivity index (χ0v) is 19.7. The number of imidazole rings is 1. The molecule has 15 heteroatoms. The fraction of sp³-hybridized carbons (Fsp3) is 0.706. The maximum Gasteiger partial charge on any atom is 0.328 e. The zero-order valence-electron chi connectivity index (χ0n) is 17.9. The van der Waals surface area contributed by atoms with E-state index in [9.17, 15) is 23.8 Å². The van der Waals surface area contributed by atoms with Gasteiger partial charge < -0.3 is 39.0 Å². The van der Waals surface area contributed by atoms with Crippen molar-refractivity contribution in [1.82, 2.24) is 19.5 Å². The van der Waals surface area contributed by atoms with E-state index in [-0.39, 0.29) is 12.2 Å². The molecule has 2 fully saturated rings. The lowest BCUT2D eigenvalue weighted by Crippen LogP contribution is -2.40. The number of methoxy groups -OCH3 is 1. The van der Waals surface area contributed by atoms with Crippen molar-refractivity contribution >= 4 is 32.2 Å². The third-order valence-electron chi connectivity index (χ3n) is 5.90. The second-order valence-corrected chi connectivity index (χ2v) is 13.5. The molecular formula is C17H26N5O8P2-. The molecule has 0 aromatic carbocycles. The van der Waals surface area contributed by atoms with Crippen LogP contribution in [0.5, 0.6) is 0 Å². The fourth-order valence-corrected chi connectivity index (χ4v) is 5.98. The van der Waals surface area contributed by atoms with Gasteiger partial charge >= 0.3 is 7.60 Å². The van der Waals surface area contributed by atoms with E-state index >= 15 is 0 Å². The molecule has 7 atom stereocenters. The Labute approximate surface area is 184 Å². The summed E-state index contributed by atoms with van der Waals surface area (Å²) in [6.45, 7) is 4.51. The molecule has 0 radical (unpaired) electrons. The number of hydrogen-bond acceptors (Lipinski definition) is 10. The summed E-state index contributed by atoms with van der Waals surface area (Å²) in [6, 6.07) is 0. The first-order valence-corrected chi connectivity index (χ1v) is 13.1. The summed E-state index contributed by atoms with van der Waals surface area (Å²) < 4.78 is 43.5. The quantitative estimate of drug-likeness (QED) is 0.478. The molecule has 1 saturated heterocycles. The van der Waals surface area contributed by atoms with Crippen molar-refractivity contribution < 1.29 is 37.8 Å². The van der Waals surface area contributed by atoms with Gasteiger partial charge in [-0.1, -0.05) is 20.8 Å². The van der Waals surface area contributed by atoms with E-state index in [1.807, 2.05) is 0 Å². The lowest BCUT2D eigenvalue weighted by molar-refractivity contribution is -0.212. The van der Waals surface area contributed by atoms with E-state index < -0.39 is 56.5 Å². The van der Waals surface area contributed by atoms with E-state index in [2.05, 4.69) is 15.0 Å². The summed E-state index contributed by atoms with van der Waals surface area (Å²) >= 11 is 0. The number of ether oxygens (including phenoxy) is 2. The Kier molecular flexibility index (Phi) is 5.79. The maximum atomic E-state index is 12.9. The average Bonchev–Trinajstić information content (AvgIpc) is 3.24. The highest BCUT2D eigenvalue weighted by molar-refractivity contribution is 7.53. The first-order valence-electron chi connectivity index (χ1n) is 9.92. The molecule has 178 valence electrons. The Morgan fingerprint density at radius 2 is 1.94 bits per heavy atom. The van der Waals surface area contributed by atoms with Crippen LogP contribution in [0.3, 0.4) is 0 Å². The second kappa shape index (κ2) is 7.82. The van der Waals surface area contributed by atoms with Crippen molar-refractivity contribution in [3.63, 3.8) is 0 Å². The number of nitrogens with zero attached hydrogens (tertiary/aromatic N) is 4. The molecule has 1 aliphatic heterocycles. The van der Waals surface area contributed by atoms with Crippen LogP contribution in [0.25, 0.3) is 11.2 Å². The highest BCUT2D eigenvalue weighted by Gasteiger charge is 2.62. The molecule has 32 heavy (non-hydrogen) atoms. The molecule has 2 aromatic heterocycles. The number of nitrogen functional groups attached to an aromatic ring is 1. The van der Waals surface area contributed by atoms with Gasteiger partial charge in [-0.2, -0.15) is 0 Å². The summed E-state index contributed by atoms with van der Waals surface area (Å²) in [7, 11) is -7.42. The fourth-order valence-electron chi connectivity index (χ4n) is 3.92. The SMILES string of the molecule is CO[C@H]1C(OP(=O)([O-])C(C)(C)C)[C@@H](C2CC2P(=O)(O)O)O[C@H]1n1cnc2c(N)ncnc21. The summed E-state index contributed by atoms with van der Waals surface area (Å²) in [5.41, 5.74) is 5.59. The number of aromatic nitrogens is 4. The summed E-state index contributed by atoms with van der Waals surface area (Å²) in [4.78, 5) is 44.4. The largest absolute Gasteiger partial charge is 0.778 e. The van der Waals surface area contributed by atoms with Crippen LogP contribution >= 0.6 is 15.2 Å². The smallest absolute Gasteiger partial charge is 0.328 e. The minimum absolute atomic E-state index is 0.158. The Morgan fingerprint density at radius 3 is 2.50 bits per heavy atom. The van der Waals surface area contributed by atoms with Gasteiger partial charge in [-0.25, -0.2) is 15.0 Å². The molecule has 4 unspecified atom stereocenters. The Morgan fingerprint density at radius 1 is 1.25 bits per heavy atom. The number of hydrogen-bond donors (Lipinski definition) is 3. The van der Waals surface area contributed by atoms with Gasteiger partial charge in [0.2, 0.25) is 0 Å². The monoisotopic (exact) mass is 490 g/mol. The Bertz CT molecular complexity index is 1110.